The van der Waals surface area contributed by atoms with E-state index in [1.807, 2.05) is 13.8 Å². The quantitative estimate of drug-likeness (QED) is 0.464. The molecule has 0 spiro atoms. The zero-order valence-corrected chi connectivity index (χ0v) is 21.4. The van der Waals surface area contributed by atoms with Gasteiger partial charge in [0.1, 0.15) is 11.6 Å². The molecule has 3 fully saturated rings. The molecule has 9 heteroatoms. The van der Waals surface area contributed by atoms with E-state index in [1.54, 1.807) is 6.07 Å². The first-order valence-electron chi connectivity index (χ1n) is 12.3. The molecule has 0 radical (unpaired) electrons. The zero-order valence-electron chi connectivity index (χ0n) is 20.5. The fourth-order valence-corrected chi connectivity index (χ4v) is 4.90. The number of ether oxygens (including phenoxy) is 1. The maximum absolute atomic E-state index is 13.7. The lowest BCUT2D eigenvalue weighted by atomic mass is 10.1. The molecule has 0 aromatic heterocycles. The molecule has 4 rings (SSSR count). The summed E-state index contributed by atoms with van der Waals surface area (Å²) in [4.78, 5) is 33.5. The van der Waals surface area contributed by atoms with E-state index in [4.69, 9.17) is 4.74 Å². The number of nitrogens with zero attached hydrogens (tertiary/aromatic N) is 4. The number of likely N-dealkylation sites (tertiary alicyclic amines) is 1. The number of hydrogen-bond acceptors (Lipinski definition) is 6. The van der Waals surface area contributed by atoms with Crippen LogP contribution in [0.1, 0.15) is 39.5 Å². The highest BCUT2D eigenvalue weighted by Crippen LogP contribution is 2.31. The number of carbonyl (C=O) groups is 2. The zero-order chi connectivity index (χ0) is 23.5. The number of hydrogen-bond donors (Lipinski definition) is 0. The van der Waals surface area contributed by atoms with Crippen molar-refractivity contribution in [1.82, 2.24) is 14.7 Å². The summed E-state index contributed by atoms with van der Waals surface area (Å²) in [5.41, 5.74) is 0.931. The van der Waals surface area contributed by atoms with Crippen LogP contribution in [0.15, 0.2) is 18.2 Å². The summed E-state index contributed by atoms with van der Waals surface area (Å²) < 4.78 is 19.5. The summed E-state index contributed by atoms with van der Waals surface area (Å²) in [6.07, 6.45) is 3.54. The number of benzene rings is 1. The molecule has 1 saturated carbocycles. The molecule has 1 aromatic carbocycles. The molecule has 2 saturated heterocycles. The van der Waals surface area contributed by atoms with E-state index in [1.165, 1.54) is 29.9 Å². The largest absolute Gasteiger partial charge is 0.489 e. The van der Waals surface area contributed by atoms with Crippen molar-refractivity contribution in [2.75, 3.05) is 57.8 Å². The SMILES string of the molecule is CC(C)Oc1cc(F)ccc1N1CCN(CCCN2C(=O)CC(CN(C)C3CC3)C2=O)CC1.Cl. The molecule has 0 N–H and O–H groups in total. The Balaban J connectivity index is 0.00000324. The molecule has 0 bridgehead atoms. The van der Waals surface area contributed by atoms with Crippen LogP contribution in [-0.4, -0.2) is 91.5 Å². The van der Waals surface area contributed by atoms with Gasteiger partial charge < -0.3 is 14.5 Å². The van der Waals surface area contributed by atoms with Gasteiger partial charge in [-0.05, 0) is 58.8 Å². The first-order chi connectivity index (χ1) is 15.8. The molecular formula is C25H38ClFN4O3. The van der Waals surface area contributed by atoms with Crippen LogP contribution in [0.25, 0.3) is 0 Å². The monoisotopic (exact) mass is 496 g/mol. The predicted octanol–water partition coefficient (Wildman–Crippen LogP) is 3.02. The fraction of sp³-hybridized carbons (Fsp3) is 0.680. The minimum atomic E-state index is -0.291. The van der Waals surface area contributed by atoms with E-state index in [9.17, 15) is 14.0 Å². The number of anilines is 1. The van der Waals surface area contributed by atoms with Crippen molar-refractivity contribution in [3.8, 4) is 5.75 Å². The van der Waals surface area contributed by atoms with Crippen LogP contribution < -0.4 is 9.64 Å². The lowest BCUT2D eigenvalue weighted by Gasteiger charge is -2.37. The molecule has 1 atom stereocenters. The Morgan fingerprint density at radius 3 is 2.47 bits per heavy atom. The molecule has 1 aliphatic carbocycles. The lowest BCUT2D eigenvalue weighted by molar-refractivity contribution is -0.139. The van der Waals surface area contributed by atoms with Gasteiger partial charge in [0.2, 0.25) is 11.8 Å². The van der Waals surface area contributed by atoms with Crippen molar-refractivity contribution >= 4 is 29.9 Å². The van der Waals surface area contributed by atoms with Gasteiger partial charge in [-0.1, -0.05) is 0 Å². The normalized spacial score (nSPS) is 21.5. The fourth-order valence-electron chi connectivity index (χ4n) is 4.90. The summed E-state index contributed by atoms with van der Waals surface area (Å²) >= 11 is 0. The number of imide groups is 1. The maximum Gasteiger partial charge on any atom is 0.234 e. The molecule has 7 nitrogen and oxygen atoms in total. The Labute approximate surface area is 208 Å². The molecule has 34 heavy (non-hydrogen) atoms. The van der Waals surface area contributed by atoms with Gasteiger partial charge in [0.05, 0.1) is 17.7 Å². The van der Waals surface area contributed by atoms with Crippen LogP contribution in [0.4, 0.5) is 10.1 Å². The van der Waals surface area contributed by atoms with Gasteiger partial charge in [0.25, 0.3) is 0 Å². The topological polar surface area (TPSA) is 56.3 Å². The van der Waals surface area contributed by atoms with Gasteiger partial charge in [-0.3, -0.25) is 19.4 Å². The van der Waals surface area contributed by atoms with Gasteiger partial charge in [-0.2, -0.15) is 0 Å². The second-order valence-corrected chi connectivity index (χ2v) is 9.92. The smallest absolute Gasteiger partial charge is 0.234 e. The Hall–Kier alpha value is -1.90. The van der Waals surface area contributed by atoms with Gasteiger partial charge in [-0.25, -0.2) is 4.39 Å². The van der Waals surface area contributed by atoms with Crippen molar-refractivity contribution in [3.63, 3.8) is 0 Å². The van der Waals surface area contributed by atoms with Crippen LogP contribution >= 0.6 is 12.4 Å². The molecule has 1 unspecified atom stereocenters. The van der Waals surface area contributed by atoms with E-state index < -0.39 is 0 Å². The molecule has 1 aromatic rings. The van der Waals surface area contributed by atoms with Crippen molar-refractivity contribution in [1.29, 1.82) is 0 Å². The third-order valence-corrected chi connectivity index (χ3v) is 6.87. The minimum absolute atomic E-state index is 0. The average molecular weight is 497 g/mol. The Morgan fingerprint density at radius 2 is 1.82 bits per heavy atom. The second kappa shape index (κ2) is 11.7. The van der Waals surface area contributed by atoms with Crippen LogP contribution in [0.3, 0.4) is 0 Å². The summed E-state index contributed by atoms with van der Waals surface area (Å²) in [5.74, 6) is 0.107. The standard InChI is InChI=1S/C25H37FN4O3.ClH/c1-18(2)33-23-16-20(26)5-8-22(23)29-13-11-28(12-14-29)9-4-10-30-24(31)15-19(25(30)32)17-27(3)21-6-7-21;/h5,8,16,18-19,21H,4,6-7,9-15,17H2,1-3H3;1H. The number of halogens is 2. The Kier molecular flexibility index (Phi) is 9.18. The van der Waals surface area contributed by atoms with Crippen molar-refractivity contribution in [2.45, 2.75) is 51.7 Å². The van der Waals surface area contributed by atoms with Gasteiger partial charge >= 0.3 is 0 Å². The second-order valence-electron chi connectivity index (χ2n) is 9.92. The predicted molar refractivity (Wildman–Crippen MR) is 133 cm³/mol. The molecule has 3 aliphatic rings. The van der Waals surface area contributed by atoms with Crippen LogP contribution in [-0.2, 0) is 9.59 Å². The van der Waals surface area contributed by atoms with E-state index in [0.717, 1.165) is 44.8 Å². The van der Waals surface area contributed by atoms with Crippen LogP contribution in [0.5, 0.6) is 5.75 Å². The van der Waals surface area contributed by atoms with Gasteiger partial charge in [0, 0.05) is 57.8 Å². The number of amides is 2. The van der Waals surface area contributed by atoms with Gasteiger partial charge in [-0.15, -0.1) is 12.4 Å². The third-order valence-electron chi connectivity index (χ3n) is 6.87. The van der Waals surface area contributed by atoms with E-state index >= 15 is 0 Å². The maximum atomic E-state index is 13.7. The molecule has 2 amide bonds. The molecule has 2 aliphatic heterocycles. The number of carbonyl (C=O) groups excluding carboxylic acids is 2. The first-order valence-corrected chi connectivity index (χ1v) is 12.3. The highest BCUT2D eigenvalue weighted by atomic mass is 35.5. The number of piperazine rings is 1. The molecule has 2 heterocycles. The van der Waals surface area contributed by atoms with Gasteiger partial charge in [0.15, 0.2) is 0 Å². The van der Waals surface area contributed by atoms with E-state index in [2.05, 4.69) is 21.7 Å². The van der Waals surface area contributed by atoms with Crippen molar-refractivity contribution in [3.05, 3.63) is 24.0 Å². The summed E-state index contributed by atoms with van der Waals surface area (Å²) in [6.45, 7) is 9.37. The number of rotatable bonds is 10. The Morgan fingerprint density at radius 1 is 1.12 bits per heavy atom. The minimum Gasteiger partial charge on any atom is -0.489 e. The van der Waals surface area contributed by atoms with Crippen LogP contribution in [0, 0.1) is 11.7 Å². The third kappa shape index (κ3) is 6.61. The summed E-state index contributed by atoms with van der Waals surface area (Å²) in [6, 6.07) is 5.34. The molecule has 190 valence electrons. The molecular weight excluding hydrogens is 459 g/mol. The summed E-state index contributed by atoms with van der Waals surface area (Å²) in [7, 11) is 2.06. The van der Waals surface area contributed by atoms with Crippen LogP contribution in [0.2, 0.25) is 0 Å². The van der Waals surface area contributed by atoms with E-state index in [-0.39, 0.29) is 42.1 Å². The lowest BCUT2D eigenvalue weighted by Crippen LogP contribution is -2.47. The average Bonchev–Trinajstić information content (AvgIpc) is 3.58. The first kappa shape index (κ1) is 26.7. The van der Waals surface area contributed by atoms with Crippen molar-refractivity contribution in [2.24, 2.45) is 5.92 Å². The van der Waals surface area contributed by atoms with Crippen molar-refractivity contribution < 1.29 is 18.7 Å². The highest BCUT2D eigenvalue weighted by molar-refractivity contribution is 6.03. The summed E-state index contributed by atoms with van der Waals surface area (Å²) in [5, 5.41) is 0. The van der Waals surface area contributed by atoms with E-state index in [0.29, 0.717) is 31.3 Å². The highest BCUT2D eigenvalue weighted by Gasteiger charge is 2.40. The Bertz CT molecular complexity index is 859.